The minimum absolute atomic E-state index is 0.000155. The van der Waals surface area contributed by atoms with Crippen molar-refractivity contribution in [1.29, 1.82) is 0 Å². The number of carbonyl (C=O) groups excluding carboxylic acids is 1. The second-order valence-corrected chi connectivity index (χ2v) is 7.42. The number of furan rings is 1. The van der Waals surface area contributed by atoms with Crippen molar-refractivity contribution in [3.05, 3.63) is 70.5 Å². The van der Waals surface area contributed by atoms with Gasteiger partial charge in [0.15, 0.2) is 0 Å². The highest BCUT2D eigenvalue weighted by Gasteiger charge is 2.29. The summed E-state index contributed by atoms with van der Waals surface area (Å²) in [6.07, 6.45) is 1.31. The zero-order chi connectivity index (χ0) is 20.4. The maximum Gasteiger partial charge on any atom is 0.292 e. The number of nitrogens with one attached hydrogen (secondary N) is 1. The molecule has 0 saturated carbocycles. The van der Waals surface area contributed by atoms with E-state index in [1.54, 1.807) is 18.2 Å². The topological polar surface area (TPSA) is 88.6 Å². The monoisotopic (exact) mass is 393 g/mol. The van der Waals surface area contributed by atoms with E-state index in [4.69, 9.17) is 4.42 Å². The van der Waals surface area contributed by atoms with Gasteiger partial charge in [0.25, 0.3) is 5.69 Å². The van der Waals surface area contributed by atoms with Gasteiger partial charge in [0.05, 0.1) is 11.0 Å². The van der Waals surface area contributed by atoms with Crippen LogP contribution in [0.3, 0.4) is 0 Å². The van der Waals surface area contributed by atoms with Gasteiger partial charge >= 0.3 is 0 Å². The smallest absolute Gasteiger partial charge is 0.292 e. The number of carbonyl (C=O) groups is 1. The lowest BCUT2D eigenvalue weighted by atomic mass is 9.95. The number of amides is 1. The van der Waals surface area contributed by atoms with Crippen LogP contribution in [0.25, 0.3) is 11.0 Å². The molecular weight excluding hydrogens is 370 g/mol. The van der Waals surface area contributed by atoms with Gasteiger partial charge in [-0.2, -0.15) is 0 Å². The molecule has 1 amide bonds. The van der Waals surface area contributed by atoms with Gasteiger partial charge < -0.3 is 14.6 Å². The quantitative estimate of drug-likeness (QED) is 0.511. The van der Waals surface area contributed by atoms with Gasteiger partial charge in [-0.1, -0.05) is 30.3 Å². The predicted molar refractivity (Wildman–Crippen MR) is 111 cm³/mol. The molecule has 0 radical (unpaired) electrons. The van der Waals surface area contributed by atoms with Gasteiger partial charge in [0, 0.05) is 30.5 Å². The Morgan fingerprint density at radius 2 is 1.86 bits per heavy atom. The number of fused-ring (bicyclic) bond motifs is 1. The van der Waals surface area contributed by atoms with E-state index in [1.165, 1.54) is 6.07 Å². The molecule has 1 atom stereocenters. The fourth-order valence-electron chi connectivity index (χ4n) is 3.89. The number of nitro benzene ring substituents is 1. The van der Waals surface area contributed by atoms with Crippen molar-refractivity contribution in [2.75, 3.05) is 18.0 Å². The first-order valence-electron chi connectivity index (χ1n) is 9.80. The average Bonchev–Trinajstić information content (AvgIpc) is 3.18. The summed E-state index contributed by atoms with van der Waals surface area (Å²) in [5, 5.41) is 15.3. The minimum atomic E-state index is -0.358. The van der Waals surface area contributed by atoms with Crippen LogP contribution in [0.1, 0.15) is 31.6 Å². The lowest BCUT2D eigenvalue weighted by Gasteiger charge is -2.33. The number of benzene rings is 2. The fraction of sp³-hybridized carbons (Fsp3) is 0.318. The Kier molecular flexibility index (Phi) is 5.20. The predicted octanol–water partition coefficient (Wildman–Crippen LogP) is 4.43. The van der Waals surface area contributed by atoms with Gasteiger partial charge in [0.1, 0.15) is 17.0 Å². The average molecular weight is 393 g/mol. The number of hydrogen-bond donors (Lipinski definition) is 1. The zero-order valence-corrected chi connectivity index (χ0v) is 16.2. The van der Waals surface area contributed by atoms with Crippen LogP contribution in [0.4, 0.5) is 11.4 Å². The van der Waals surface area contributed by atoms with Crippen LogP contribution < -0.4 is 10.2 Å². The number of nitro groups is 1. The standard InChI is InChI=1S/C22H23N3O4/c1-15(21-14-17-6-2-5-9-20(17)29-21)23-22(26)16-10-12-24(13-11-16)18-7-3-4-8-19(18)25(27)28/h2-9,14-16H,10-13H2,1H3,(H,23,26)/t15-/m0/s1. The number of piperidine rings is 1. The van der Waals surface area contributed by atoms with E-state index in [0.29, 0.717) is 31.6 Å². The van der Waals surface area contributed by atoms with Crippen LogP contribution in [0.2, 0.25) is 0 Å². The molecular formula is C22H23N3O4. The minimum Gasteiger partial charge on any atom is -0.459 e. The van der Waals surface area contributed by atoms with Crippen LogP contribution >= 0.6 is 0 Å². The first kappa shape index (κ1) is 19.0. The second-order valence-electron chi connectivity index (χ2n) is 7.42. The summed E-state index contributed by atoms with van der Waals surface area (Å²) in [5.74, 6) is 0.623. The zero-order valence-electron chi connectivity index (χ0n) is 16.2. The SMILES string of the molecule is C[C@H](NC(=O)C1CCN(c2ccccc2[N+](=O)[O-])CC1)c1cc2ccccc2o1. The highest BCUT2D eigenvalue weighted by atomic mass is 16.6. The summed E-state index contributed by atoms with van der Waals surface area (Å²) < 4.78 is 5.84. The summed E-state index contributed by atoms with van der Waals surface area (Å²) in [6, 6.07) is 16.3. The molecule has 1 aliphatic rings. The van der Waals surface area contributed by atoms with Crippen molar-refractivity contribution in [1.82, 2.24) is 5.32 Å². The van der Waals surface area contributed by atoms with Crippen molar-refractivity contribution in [2.24, 2.45) is 5.92 Å². The molecule has 29 heavy (non-hydrogen) atoms. The van der Waals surface area contributed by atoms with E-state index in [2.05, 4.69) is 5.32 Å². The van der Waals surface area contributed by atoms with Crippen molar-refractivity contribution >= 4 is 28.3 Å². The Hall–Kier alpha value is -3.35. The van der Waals surface area contributed by atoms with Crippen LogP contribution in [-0.4, -0.2) is 23.9 Å². The Morgan fingerprint density at radius 1 is 1.17 bits per heavy atom. The van der Waals surface area contributed by atoms with Crippen LogP contribution in [-0.2, 0) is 4.79 Å². The highest BCUT2D eigenvalue weighted by Crippen LogP contribution is 2.31. The van der Waals surface area contributed by atoms with Crippen LogP contribution in [0.15, 0.2) is 59.0 Å². The van der Waals surface area contributed by atoms with Crippen LogP contribution in [0, 0.1) is 16.0 Å². The number of rotatable bonds is 5. The number of anilines is 1. The third-order valence-electron chi connectivity index (χ3n) is 5.51. The lowest BCUT2D eigenvalue weighted by molar-refractivity contribution is -0.384. The molecule has 7 nitrogen and oxygen atoms in total. The Labute approximate surface area is 168 Å². The molecule has 0 aliphatic carbocycles. The molecule has 0 bridgehead atoms. The molecule has 1 fully saturated rings. The maximum absolute atomic E-state index is 12.7. The van der Waals surface area contributed by atoms with Gasteiger partial charge in [0.2, 0.25) is 5.91 Å². The molecule has 1 saturated heterocycles. The van der Waals surface area contributed by atoms with Crippen molar-refractivity contribution in [3.63, 3.8) is 0 Å². The third kappa shape index (κ3) is 3.94. The molecule has 1 aliphatic heterocycles. The molecule has 2 aromatic carbocycles. The largest absolute Gasteiger partial charge is 0.459 e. The number of hydrogen-bond acceptors (Lipinski definition) is 5. The number of nitrogens with zero attached hydrogens (tertiary/aromatic N) is 2. The van der Waals surface area contributed by atoms with Gasteiger partial charge in [-0.15, -0.1) is 0 Å². The summed E-state index contributed by atoms with van der Waals surface area (Å²) in [6.45, 7) is 3.14. The second kappa shape index (κ2) is 7.95. The van der Waals surface area contributed by atoms with Gasteiger partial charge in [-0.3, -0.25) is 14.9 Å². The Morgan fingerprint density at radius 3 is 2.59 bits per heavy atom. The molecule has 2 heterocycles. The molecule has 3 aromatic rings. The van der Waals surface area contributed by atoms with E-state index in [1.807, 2.05) is 42.2 Å². The summed E-state index contributed by atoms with van der Waals surface area (Å²) >= 11 is 0. The summed E-state index contributed by atoms with van der Waals surface area (Å²) in [7, 11) is 0. The molecule has 0 unspecified atom stereocenters. The van der Waals surface area contributed by atoms with Gasteiger partial charge in [-0.25, -0.2) is 0 Å². The fourth-order valence-corrected chi connectivity index (χ4v) is 3.89. The van der Waals surface area contributed by atoms with Crippen molar-refractivity contribution < 1.29 is 14.1 Å². The first-order chi connectivity index (χ1) is 14.0. The molecule has 0 spiro atoms. The lowest BCUT2D eigenvalue weighted by Crippen LogP contribution is -2.41. The van der Waals surface area contributed by atoms with E-state index in [-0.39, 0.29) is 28.5 Å². The van der Waals surface area contributed by atoms with E-state index in [9.17, 15) is 14.9 Å². The molecule has 4 rings (SSSR count). The highest BCUT2D eigenvalue weighted by molar-refractivity contribution is 5.81. The van der Waals surface area contributed by atoms with Crippen LogP contribution in [0.5, 0.6) is 0 Å². The number of para-hydroxylation sites is 3. The van der Waals surface area contributed by atoms with Gasteiger partial charge in [-0.05, 0) is 38.0 Å². The van der Waals surface area contributed by atoms with E-state index in [0.717, 1.165) is 16.7 Å². The molecule has 7 heteroatoms. The first-order valence-corrected chi connectivity index (χ1v) is 9.80. The summed E-state index contributed by atoms with van der Waals surface area (Å²) in [5.41, 5.74) is 1.53. The summed E-state index contributed by atoms with van der Waals surface area (Å²) in [4.78, 5) is 25.6. The Bertz CT molecular complexity index is 1000. The molecule has 1 aromatic heterocycles. The molecule has 150 valence electrons. The van der Waals surface area contributed by atoms with E-state index >= 15 is 0 Å². The maximum atomic E-state index is 12.7. The van der Waals surface area contributed by atoms with E-state index < -0.39 is 0 Å². The molecule has 1 N–H and O–H groups in total. The van der Waals surface area contributed by atoms with Crippen molar-refractivity contribution in [3.8, 4) is 0 Å². The Balaban J connectivity index is 1.37. The third-order valence-corrected chi connectivity index (χ3v) is 5.51. The normalized spacial score (nSPS) is 16.0. The van der Waals surface area contributed by atoms with Crippen molar-refractivity contribution in [2.45, 2.75) is 25.8 Å².